The van der Waals surface area contributed by atoms with E-state index >= 15 is 0 Å². The molecule has 0 amide bonds. The Bertz CT molecular complexity index is 1460. The molecule has 36 heavy (non-hydrogen) atoms. The van der Waals surface area contributed by atoms with Gasteiger partial charge in [-0.25, -0.2) is 4.68 Å². The van der Waals surface area contributed by atoms with E-state index in [4.69, 9.17) is 11.1 Å². The highest BCUT2D eigenvalue weighted by Gasteiger charge is 2.24. The van der Waals surface area contributed by atoms with Crippen LogP contribution in [0.4, 0.5) is 0 Å². The Morgan fingerprint density at radius 2 is 2.14 bits per heavy atom. The first kappa shape index (κ1) is 25.8. The number of thioether (sulfide) groups is 1. The number of aromatic nitrogens is 3. The molecule has 0 fully saturated rings. The van der Waals surface area contributed by atoms with Crippen LogP contribution in [-0.4, -0.2) is 20.1 Å². The maximum Gasteiger partial charge on any atom is 0.270 e. The minimum Gasteiger partial charge on any atom is -0.405 e. The molecule has 188 valence electrons. The van der Waals surface area contributed by atoms with E-state index in [-0.39, 0.29) is 5.56 Å². The molecule has 0 bridgehead atoms. The van der Waals surface area contributed by atoms with Gasteiger partial charge in [-0.1, -0.05) is 43.8 Å². The van der Waals surface area contributed by atoms with Gasteiger partial charge in [0.1, 0.15) is 0 Å². The number of aryl methyl sites for hydroxylation is 2. The predicted octanol–water partition coefficient (Wildman–Crippen LogP) is 5.79. The minimum absolute atomic E-state index is 0.0284. The van der Waals surface area contributed by atoms with Crippen molar-refractivity contribution < 1.29 is 0 Å². The van der Waals surface area contributed by atoms with Crippen molar-refractivity contribution in [3.8, 4) is 0 Å². The summed E-state index contributed by atoms with van der Waals surface area (Å²) < 4.78 is 3.82. The van der Waals surface area contributed by atoms with Crippen molar-refractivity contribution in [2.45, 2.75) is 53.0 Å². The van der Waals surface area contributed by atoms with E-state index in [1.807, 2.05) is 6.20 Å². The summed E-state index contributed by atoms with van der Waals surface area (Å²) in [5.74, 6) is 0.345. The van der Waals surface area contributed by atoms with Gasteiger partial charge in [0.15, 0.2) is 0 Å². The van der Waals surface area contributed by atoms with Crippen LogP contribution in [-0.2, 0) is 26.4 Å². The topological polar surface area (TPSA) is 89.7 Å². The summed E-state index contributed by atoms with van der Waals surface area (Å²) in [6, 6.07) is 8.60. The number of nitrogens with two attached hydrogens (primary N) is 1. The van der Waals surface area contributed by atoms with Gasteiger partial charge in [-0.3, -0.25) is 4.79 Å². The Kier molecular flexibility index (Phi) is 7.69. The second-order valence-corrected chi connectivity index (χ2v) is 10.8. The zero-order valence-corrected chi connectivity index (χ0v) is 22.4. The lowest BCUT2D eigenvalue weighted by Gasteiger charge is -2.16. The molecule has 0 saturated carbocycles. The lowest BCUT2D eigenvalue weighted by molar-refractivity contribution is 0.597. The average molecular weight is 502 g/mol. The second kappa shape index (κ2) is 10.7. The molecule has 1 aliphatic carbocycles. The van der Waals surface area contributed by atoms with Crippen LogP contribution < -0.4 is 11.3 Å². The predicted molar refractivity (Wildman–Crippen MR) is 152 cm³/mol. The maximum absolute atomic E-state index is 13.6. The van der Waals surface area contributed by atoms with Gasteiger partial charge in [-0.2, -0.15) is 5.10 Å². The molecular formula is C29H35N5OS. The molecule has 1 unspecified atom stereocenters. The highest BCUT2D eigenvalue weighted by Crippen LogP contribution is 2.42. The number of nitrogens with one attached hydrogen (secondary N) is 1. The molecule has 3 aromatic rings. The van der Waals surface area contributed by atoms with Crippen molar-refractivity contribution >= 4 is 33.3 Å². The van der Waals surface area contributed by atoms with Gasteiger partial charge in [0.05, 0.1) is 12.7 Å². The van der Waals surface area contributed by atoms with Crippen LogP contribution in [0.15, 0.2) is 64.6 Å². The van der Waals surface area contributed by atoms with Gasteiger partial charge >= 0.3 is 0 Å². The van der Waals surface area contributed by atoms with Gasteiger partial charge in [0, 0.05) is 51.8 Å². The molecule has 0 spiro atoms. The normalized spacial score (nSPS) is 15.9. The fourth-order valence-electron chi connectivity index (χ4n) is 4.86. The first-order chi connectivity index (χ1) is 17.2. The van der Waals surface area contributed by atoms with Crippen LogP contribution in [0.25, 0.3) is 15.8 Å². The van der Waals surface area contributed by atoms with Crippen molar-refractivity contribution in [1.29, 1.82) is 5.41 Å². The zero-order valence-electron chi connectivity index (χ0n) is 21.6. The monoisotopic (exact) mass is 501 g/mol. The Hall–Kier alpha value is -3.32. The van der Waals surface area contributed by atoms with Crippen molar-refractivity contribution in [3.63, 3.8) is 0 Å². The third-order valence-electron chi connectivity index (χ3n) is 7.15. The highest BCUT2D eigenvalue weighted by atomic mass is 32.2. The molecule has 0 saturated heterocycles. The number of fused-ring (bicyclic) bond motifs is 2. The van der Waals surface area contributed by atoms with Crippen molar-refractivity contribution in [2.75, 3.05) is 0 Å². The number of hydrogen-bond acceptors (Lipinski definition) is 5. The molecule has 4 rings (SSSR count). The first-order valence-corrected chi connectivity index (χ1v) is 13.2. The van der Waals surface area contributed by atoms with Gasteiger partial charge in [-0.15, -0.1) is 0 Å². The van der Waals surface area contributed by atoms with Crippen LogP contribution in [0.1, 0.15) is 56.0 Å². The highest BCUT2D eigenvalue weighted by molar-refractivity contribution is 8.11. The second-order valence-electron chi connectivity index (χ2n) is 9.59. The quantitative estimate of drug-likeness (QED) is 0.382. The molecule has 1 aliphatic rings. The standard InChI is InChI=1S/C29H35N5OS/c1-6-24-15-22-14-21(8-10-27(22)33(24)5)17-34-29(35)25-9-7-18(2)20(4)28(26(25)16-32-34)36-19(3)13-23(31)11-12-30/h8,10-12,14-16,18,31H,3,6-7,9,13,17,30H2,1-2,4-5H3/b12-11-,31-23?. The van der Waals surface area contributed by atoms with Gasteiger partial charge in [0.2, 0.25) is 0 Å². The number of hydrogen-bond donors (Lipinski definition) is 2. The van der Waals surface area contributed by atoms with Crippen LogP contribution >= 0.6 is 11.8 Å². The van der Waals surface area contributed by atoms with Crippen LogP contribution in [0.3, 0.4) is 0 Å². The molecule has 2 aromatic heterocycles. The Labute approximate surface area is 217 Å². The summed E-state index contributed by atoms with van der Waals surface area (Å²) >= 11 is 1.55. The zero-order chi connectivity index (χ0) is 26.0. The Morgan fingerprint density at radius 3 is 2.86 bits per heavy atom. The summed E-state index contributed by atoms with van der Waals surface area (Å²) in [7, 11) is 2.10. The van der Waals surface area contributed by atoms with Gasteiger partial charge in [0.25, 0.3) is 5.56 Å². The van der Waals surface area contributed by atoms with Crippen LogP contribution in [0.2, 0.25) is 0 Å². The number of benzene rings is 1. The maximum atomic E-state index is 13.6. The van der Waals surface area contributed by atoms with Crippen LogP contribution in [0, 0.1) is 11.3 Å². The first-order valence-electron chi connectivity index (χ1n) is 12.4. The van der Waals surface area contributed by atoms with Crippen LogP contribution in [0.5, 0.6) is 0 Å². The van der Waals surface area contributed by atoms with Gasteiger partial charge < -0.3 is 15.7 Å². The summed E-state index contributed by atoms with van der Waals surface area (Å²) in [6.45, 7) is 11.1. The summed E-state index contributed by atoms with van der Waals surface area (Å²) in [5, 5.41) is 13.8. The smallest absolute Gasteiger partial charge is 0.270 e. The van der Waals surface area contributed by atoms with E-state index in [1.165, 1.54) is 28.4 Å². The lowest BCUT2D eigenvalue weighted by atomic mass is 9.98. The minimum atomic E-state index is -0.0284. The fourth-order valence-corrected chi connectivity index (χ4v) is 6.03. The molecule has 3 N–H and O–H groups in total. The third kappa shape index (κ3) is 5.12. The van der Waals surface area contributed by atoms with Crippen molar-refractivity contribution in [2.24, 2.45) is 18.7 Å². The number of nitrogens with zero attached hydrogens (tertiary/aromatic N) is 3. The number of rotatable bonds is 8. The lowest BCUT2D eigenvalue weighted by Crippen LogP contribution is -2.27. The molecule has 6 nitrogen and oxygen atoms in total. The SMILES string of the molecule is C=C(CC(=N)/C=C\N)SC1=C(C)C(C)CCc2c1cnn(Cc1ccc3c(c1)cc(CC)n3C)c2=O. The third-order valence-corrected chi connectivity index (χ3v) is 8.32. The summed E-state index contributed by atoms with van der Waals surface area (Å²) in [6.07, 6.45) is 7.83. The molecular weight excluding hydrogens is 466 g/mol. The van der Waals surface area contributed by atoms with E-state index in [9.17, 15) is 4.79 Å². The Balaban J connectivity index is 1.66. The molecule has 1 aromatic carbocycles. The average Bonchev–Trinajstić information content (AvgIpc) is 3.11. The van der Waals surface area contributed by atoms with Gasteiger partial charge in [-0.05, 0) is 73.0 Å². The van der Waals surface area contributed by atoms with E-state index in [1.54, 1.807) is 22.5 Å². The molecule has 7 heteroatoms. The van der Waals surface area contributed by atoms with E-state index in [0.717, 1.165) is 45.8 Å². The summed E-state index contributed by atoms with van der Waals surface area (Å²) in [4.78, 5) is 15.5. The fraction of sp³-hybridized carbons (Fsp3) is 0.345. The molecule has 2 heterocycles. The van der Waals surface area contributed by atoms with E-state index < -0.39 is 0 Å². The van der Waals surface area contributed by atoms with Crippen molar-refractivity contribution in [3.05, 3.63) is 92.5 Å². The van der Waals surface area contributed by atoms with E-state index in [0.29, 0.717) is 24.6 Å². The van der Waals surface area contributed by atoms with E-state index in [2.05, 4.69) is 68.3 Å². The Morgan fingerprint density at radius 1 is 1.36 bits per heavy atom. The molecule has 1 atom stereocenters. The molecule has 0 radical (unpaired) electrons. The van der Waals surface area contributed by atoms with Crippen molar-refractivity contribution in [1.82, 2.24) is 14.3 Å². The summed E-state index contributed by atoms with van der Waals surface area (Å²) in [5.41, 5.74) is 12.3. The largest absolute Gasteiger partial charge is 0.405 e. The molecule has 0 aliphatic heterocycles. The number of allylic oxidation sites excluding steroid dienone is 3.